The lowest BCUT2D eigenvalue weighted by atomic mass is 9.83. The summed E-state index contributed by atoms with van der Waals surface area (Å²) in [5.74, 6) is -0.925. The zero-order valence-corrected chi connectivity index (χ0v) is 17.2. The van der Waals surface area contributed by atoms with Gasteiger partial charge in [-0.3, -0.25) is 0 Å². The topological polar surface area (TPSA) is 109 Å². The van der Waals surface area contributed by atoms with Gasteiger partial charge in [0.05, 0.1) is 19.8 Å². The Labute approximate surface area is 179 Å². The molecule has 2 bridgehead atoms. The number of fused-ring (bicyclic) bond motifs is 2. The van der Waals surface area contributed by atoms with E-state index in [1.165, 1.54) is 0 Å². The van der Waals surface area contributed by atoms with Crippen molar-refractivity contribution in [2.45, 2.75) is 43.0 Å². The average molecular weight is 437 g/mol. The Morgan fingerprint density at radius 1 is 1.10 bits per heavy atom. The lowest BCUT2D eigenvalue weighted by molar-refractivity contribution is -0.329. The van der Waals surface area contributed by atoms with Crippen molar-refractivity contribution in [1.29, 1.82) is 0 Å². The van der Waals surface area contributed by atoms with Gasteiger partial charge in [0.15, 0.2) is 0 Å². The van der Waals surface area contributed by atoms with Gasteiger partial charge in [0.1, 0.15) is 29.7 Å². The molecule has 0 aromatic heterocycles. The summed E-state index contributed by atoms with van der Waals surface area (Å²) in [7, 11) is 0. The summed E-state index contributed by atoms with van der Waals surface area (Å²) >= 11 is 6.41. The van der Waals surface area contributed by atoms with Crippen molar-refractivity contribution in [3.8, 4) is 5.75 Å². The highest BCUT2D eigenvalue weighted by molar-refractivity contribution is 6.31. The van der Waals surface area contributed by atoms with E-state index < -0.39 is 36.3 Å². The van der Waals surface area contributed by atoms with Crippen molar-refractivity contribution in [2.75, 3.05) is 19.8 Å². The van der Waals surface area contributed by atoms with Gasteiger partial charge in [-0.25, -0.2) is 0 Å². The zero-order valence-electron chi connectivity index (χ0n) is 16.5. The molecule has 0 saturated carbocycles. The molecule has 2 aromatic carbocycles. The van der Waals surface area contributed by atoms with E-state index in [9.17, 15) is 20.4 Å². The van der Waals surface area contributed by atoms with Crippen LogP contribution in [0.2, 0.25) is 5.02 Å². The largest absolute Gasteiger partial charge is 0.494 e. The summed E-state index contributed by atoms with van der Waals surface area (Å²) in [5, 5.41) is 41.7. The molecule has 0 spiro atoms. The van der Waals surface area contributed by atoms with Gasteiger partial charge < -0.3 is 34.6 Å². The maximum absolute atomic E-state index is 10.7. The predicted molar refractivity (Wildman–Crippen MR) is 108 cm³/mol. The molecule has 5 atom stereocenters. The lowest BCUT2D eigenvalue weighted by Crippen LogP contribution is -2.65. The number of halogens is 1. The predicted octanol–water partition coefficient (Wildman–Crippen LogP) is 1.36. The van der Waals surface area contributed by atoms with E-state index >= 15 is 0 Å². The van der Waals surface area contributed by atoms with Gasteiger partial charge >= 0.3 is 0 Å². The molecule has 2 saturated heterocycles. The molecule has 7 nitrogen and oxygen atoms in total. The molecule has 30 heavy (non-hydrogen) atoms. The number of benzene rings is 2. The van der Waals surface area contributed by atoms with Crippen LogP contribution in [0.4, 0.5) is 0 Å². The van der Waals surface area contributed by atoms with Gasteiger partial charge in [-0.05, 0) is 48.7 Å². The van der Waals surface area contributed by atoms with Crippen LogP contribution < -0.4 is 4.74 Å². The highest BCUT2D eigenvalue weighted by Crippen LogP contribution is 2.49. The van der Waals surface area contributed by atoms with Crippen molar-refractivity contribution in [1.82, 2.24) is 0 Å². The Bertz CT molecular complexity index is 905. The lowest BCUT2D eigenvalue weighted by Gasteiger charge is -2.46. The SMILES string of the molecule is CCOc1ccc(Cc2cc([C@@]34OC[C@](CO)(O3)[C@@H](O)[C@H](O)[C@@H]4O)ccc2Cl)cc1. The molecule has 4 N–H and O–H groups in total. The summed E-state index contributed by atoms with van der Waals surface area (Å²) in [6.07, 6.45) is -4.06. The fourth-order valence-corrected chi connectivity index (χ4v) is 4.28. The molecular weight excluding hydrogens is 412 g/mol. The molecule has 2 aliphatic rings. The Morgan fingerprint density at radius 3 is 2.50 bits per heavy atom. The minimum absolute atomic E-state index is 0.171. The van der Waals surface area contributed by atoms with E-state index in [1.54, 1.807) is 18.2 Å². The summed E-state index contributed by atoms with van der Waals surface area (Å²) in [4.78, 5) is 0. The number of hydrogen-bond acceptors (Lipinski definition) is 7. The maximum atomic E-state index is 10.7. The Kier molecular flexibility index (Phi) is 5.80. The zero-order chi connectivity index (χ0) is 21.5. The highest BCUT2D eigenvalue weighted by Gasteiger charge is 2.67. The third-order valence-electron chi connectivity index (χ3n) is 5.81. The summed E-state index contributed by atoms with van der Waals surface area (Å²) < 4.78 is 17.1. The molecule has 2 fully saturated rings. The maximum Gasteiger partial charge on any atom is 0.225 e. The van der Waals surface area contributed by atoms with E-state index in [0.29, 0.717) is 23.6 Å². The van der Waals surface area contributed by atoms with Crippen molar-refractivity contribution in [2.24, 2.45) is 0 Å². The number of rotatable bonds is 6. The normalized spacial score (nSPS) is 32.9. The molecule has 2 heterocycles. The summed E-state index contributed by atoms with van der Waals surface area (Å²) in [6.45, 7) is 1.78. The minimum atomic E-state index is -1.71. The van der Waals surface area contributed by atoms with Crippen molar-refractivity contribution < 1.29 is 34.6 Å². The van der Waals surface area contributed by atoms with Gasteiger partial charge in [-0.15, -0.1) is 0 Å². The molecular formula is C22H25ClO7. The first-order valence-electron chi connectivity index (χ1n) is 9.85. The second kappa shape index (κ2) is 8.09. The summed E-state index contributed by atoms with van der Waals surface area (Å²) in [5.41, 5.74) is 0.719. The Hall–Kier alpha value is -1.71. The first kappa shape index (κ1) is 21.5. The smallest absolute Gasteiger partial charge is 0.225 e. The molecule has 0 unspecified atom stereocenters. The first-order chi connectivity index (χ1) is 14.3. The van der Waals surface area contributed by atoms with Crippen molar-refractivity contribution in [3.63, 3.8) is 0 Å². The highest BCUT2D eigenvalue weighted by atomic mass is 35.5. The number of aliphatic hydroxyl groups is 4. The van der Waals surface area contributed by atoms with Gasteiger partial charge in [0, 0.05) is 10.6 Å². The fourth-order valence-electron chi connectivity index (χ4n) is 4.09. The van der Waals surface area contributed by atoms with Crippen LogP contribution >= 0.6 is 11.6 Å². The van der Waals surface area contributed by atoms with Crippen molar-refractivity contribution in [3.05, 3.63) is 64.2 Å². The number of aliphatic hydroxyl groups excluding tert-OH is 4. The Morgan fingerprint density at radius 2 is 1.83 bits per heavy atom. The van der Waals surface area contributed by atoms with E-state index in [0.717, 1.165) is 16.9 Å². The van der Waals surface area contributed by atoms with Crippen LogP contribution in [0.3, 0.4) is 0 Å². The summed E-state index contributed by atoms with van der Waals surface area (Å²) in [6, 6.07) is 12.7. The molecule has 0 amide bonds. The molecule has 162 valence electrons. The standard InChI is InChI=1S/C22H25ClO7/c1-2-28-16-6-3-13(4-7-16)9-14-10-15(5-8-17(14)23)22-20(27)18(25)19(26)21(11-24,30-22)12-29-22/h3-8,10,18-20,24-27H,2,9,11-12H2,1H3/t18-,19-,20-,21-,22+/m0/s1. The second-order valence-electron chi connectivity index (χ2n) is 7.72. The van der Waals surface area contributed by atoms with E-state index in [4.69, 9.17) is 25.8 Å². The van der Waals surface area contributed by atoms with Crippen LogP contribution in [0.25, 0.3) is 0 Å². The molecule has 8 heteroatoms. The molecule has 4 rings (SSSR count). The van der Waals surface area contributed by atoms with Crippen LogP contribution in [0.5, 0.6) is 5.75 Å². The first-order valence-corrected chi connectivity index (χ1v) is 10.2. The Balaban J connectivity index is 1.66. The van der Waals surface area contributed by atoms with Crippen molar-refractivity contribution >= 4 is 11.6 Å². The minimum Gasteiger partial charge on any atom is -0.494 e. The van der Waals surface area contributed by atoms with Crippen LogP contribution in [0.15, 0.2) is 42.5 Å². The molecule has 2 aliphatic heterocycles. The quantitative estimate of drug-likeness (QED) is 0.541. The van der Waals surface area contributed by atoms with Gasteiger partial charge in [-0.2, -0.15) is 0 Å². The third kappa shape index (κ3) is 3.40. The van der Waals surface area contributed by atoms with Crippen LogP contribution in [-0.2, 0) is 21.7 Å². The van der Waals surface area contributed by atoms with Gasteiger partial charge in [0.2, 0.25) is 5.79 Å². The van der Waals surface area contributed by atoms with Crippen LogP contribution in [0.1, 0.15) is 23.6 Å². The molecule has 0 aliphatic carbocycles. The number of hydrogen-bond donors (Lipinski definition) is 4. The molecule has 0 radical (unpaired) electrons. The van der Waals surface area contributed by atoms with Gasteiger partial charge in [0.25, 0.3) is 0 Å². The van der Waals surface area contributed by atoms with Gasteiger partial charge in [-0.1, -0.05) is 29.8 Å². The van der Waals surface area contributed by atoms with E-state index in [2.05, 4.69) is 0 Å². The monoisotopic (exact) mass is 436 g/mol. The second-order valence-corrected chi connectivity index (χ2v) is 8.13. The van der Waals surface area contributed by atoms with Crippen LogP contribution in [0, 0.1) is 0 Å². The molecule has 2 aromatic rings. The van der Waals surface area contributed by atoms with E-state index in [-0.39, 0.29) is 6.61 Å². The fraction of sp³-hybridized carbons (Fsp3) is 0.455. The van der Waals surface area contributed by atoms with Crippen LogP contribution in [-0.4, -0.2) is 64.2 Å². The number of ether oxygens (including phenoxy) is 3. The third-order valence-corrected chi connectivity index (χ3v) is 6.17. The average Bonchev–Trinajstić information content (AvgIpc) is 3.14. The van der Waals surface area contributed by atoms with E-state index in [1.807, 2.05) is 31.2 Å².